The zero-order valence-electron chi connectivity index (χ0n) is 11.1. The third kappa shape index (κ3) is 2.28. The minimum atomic E-state index is -0.0333. The second-order valence-electron chi connectivity index (χ2n) is 4.74. The number of aromatic amines is 1. The molecule has 3 N–H and O–H groups in total. The maximum atomic E-state index is 12.4. The molecule has 0 saturated heterocycles. The molecule has 2 aromatic heterocycles. The number of amides is 1. The standard InChI is InChI=1S/C15H15N3OS/c1-18(9-11-5-3-7-20-11)15(19)13-8-10-4-2-6-12(16)14(10)17-13/h2-8,17H,9,16H2,1H3. The van der Waals surface area contributed by atoms with Crippen molar-refractivity contribution in [3.05, 3.63) is 52.3 Å². The van der Waals surface area contributed by atoms with Crippen LogP contribution in [0.15, 0.2) is 41.8 Å². The first-order valence-electron chi connectivity index (χ1n) is 6.30. The van der Waals surface area contributed by atoms with Crippen LogP contribution in [-0.4, -0.2) is 22.8 Å². The first kappa shape index (κ1) is 12.7. The molecule has 0 fully saturated rings. The van der Waals surface area contributed by atoms with Crippen LogP contribution < -0.4 is 5.73 Å². The second kappa shape index (κ2) is 5.02. The number of carbonyl (C=O) groups excluding carboxylic acids is 1. The van der Waals surface area contributed by atoms with E-state index in [9.17, 15) is 4.79 Å². The van der Waals surface area contributed by atoms with Crippen LogP contribution in [-0.2, 0) is 6.54 Å². The Bertz CT molecular complexity index is 746. The van der Waals surface area contributed by atoms with Gasteiger partial charge in [-0.1, -0.05) is 18.2 Å². The highest BCUT2D eigenvalue weighted by atomic mass is 32.1. The number of para-hydroxylation sites is 1. The van der Waals surface area contributed by atoms with Crippen LogP contribution in [0.25, 0.3) is 10.9 Å². The summed E-state index contributed by atoms with van der Waals surface area (Å²) in [6, 6.07) is 11.5. The van der Waals surface area contributed by atoms with E-state index in [4.69, 9.17) is 5.73 Å². The van der Waals surface area contributed by atoms with Gasteiger partial charge in [-0.05, 0) is 23.6 Å². The molecule has 3 aromatic rings. The number of nitrogens with two attached hydrogens (primary N) is 1. The largest absolute Gasteiger partial charge is 0.397 e. The number of thiophene rings is 1. The molecule has 0 spiro atoms. The topological polar surface area (TPSA) is 62.1 Å². The van der Waals surface area contributed by atoms with Crippen molar-refractivity contribution >= 4 is 33.8 Å². The molecular formula is C15H15N3OS. The summed E-state index contributed by atoms with van der Waals surface area (Å²) < 4.78 is 0. The van der Waals surface area contributed by atoms with Crippen LogP contribution in [0.1, 0.15) is 15.4 Å². The number of nitrogen functional groups attached to an aromatic ring is 1. The minimum Gasteiger partial charge on any atom is -0.397 e. The maximum Gasteiger partial charge on any atom is 0.270 e. The van der Waals surface area contributed by atoms with Gasteiger partial charge in [-0.15, -0.1) is 11.3 Å². The van der Waals surface area contributed by atoms with Gasteiger partial charge in [-0.25, -0.2) is 0 Å². The smallest absolute Gasteiger partial charge is 0.270 e. The van der Waals surface area contributed by atoms with Gasteiger partial charge in [0, 0.05) is 17.3 Å². The Morgan fingerprint density at radius 2 is 2.20 bits per heavy atom. The average Bonchev–Trinajstić information content (AvgIpc) is 3.07. The molecule has 4 nitrogen and oxygen atoms in total. The van der Waals surface area contributed by atoms with E-state index in [1.54, 1.807) is 23.3 Å². The van der Waals surface area contributed by atoms with Gasteiger partial charge in [0.15, 0.2) is 0 Å². The highest BCUT2D eigenvalue weighted by molar-refractivity contribution is 7.09. The number of H-pyrrole nitrogens is 1. The fourth-order valence-corrected chi connectivity index (χ4v) is 2.97. The lowest BCUT2D eigenvalue weighted by atomic mass is 10.2. The van der Waals surface area contributed by atoms with Crippen molar-refractivity contribution in [2.45, 2.75) is 6.54 Å². The summed E-state index contributed by atoms with van der Waals surface area (Å²) in [6.07, 6.45) is 0. The highest BCUT2D eigenvalue weighted by Gasteiger charge is 2.15. The molecule has 0 radical (unpaired) electrons. The van der Waals surface area contributed by atoms with E-state index in [-0.39, 0.29) is 5.91 Å². The predicted octanol–water partition coefficient (Wildman–Crippen LogP) is 3.08. The summed E-state index contributed by atoms with van der Waals surface area (Å²) >= 11 is 1.65. The van der Waals surface area contributed by atoms with E-state index in [1.807, 2.05) is 41.8 Å². The number of carbonyl (C=O) groups is 1. The van der Waals surface area contributed by atoms with E-state index in [2.05, 4.69) is 4.98 Å². The Balaban J connectivity index is 1.86. The molecule has 0 atom stereocenters. The third-order valence-corrected chi connectivity index (χ3v) is 4.10. The monoisotopic (exact) mass is 285 g/mol. The summed E-state index contributed by atoms with van der Waals surface area (Å²) in [7, 11) is 1.80. The third-order valence-electron chi connectivity index (χ3n) is 3.24. The van der Waals surface area contributed by atoms with E-state index in [0.29, 0.717) is 17.9 Å². The van der Waals surface area contributed by atoms with Crippen molar-refractivity contribution in [3.63, 3.8) is 0 Å². The summed E-state index contributed by atoms with van der Waals surface area (Å²) in [6.45, 7) is 0.612. The van der Waals surface area contributed by atoms with E-state index in [1.165, 1.54) is 0 Å². The Morgan fingerprint density at radius 3 is 2.90 bits per heavy atom. The molecule has 0 unspecified atom stereocenters. The van der Waals surface area contributed by atoms with Crippen LogP contribution >= 0.6 is 11.3 Å². The Morgan fingerprint density at radius 1 is 1.35 bits per heavy atom. The first-order valence-corrected chi connectivity index (χ1v) is 7.18. The van der Waals surface area contributed by atoms with Crippen LogP contribution in [0.3, 0.4) is 0 Å². The Labute approximate surface area is 120 Å². The molecule has 0 aliphatic carbocycles. The number of anilines is 1. The number of aromatic nitrogens is 1. The molecular weight excluding hydrogens is 270 g/mol. The number of hydrogen-bond donors (Lipinski definition) is 2. The lowest BCUT2D eigenvalue weighted by molar-refractivity contribution is 0.0781. The van der Waals surface area contributed by atoms with E-state index >= 15 is 0 Å². The van der Waals surface area contributed by atoms with Gasteiger partial charge in [0.05, 0.1) is 17.7 Å². The number of hydrogen-bond acceptors (Lipinski definition) is 3. The maximum absolute atomic E-state index is 12.4. The second-order valence-corrected chi connectivity index (χ2v) is 5.77. The van der Waals surface area contributed by atoms with E-state index < -0.39 is 0 Å². The van der Waals surface area contributed by atoms with E-state index in [0.717, 1.165) is 15.8 Å². The van der Waals surface area contributed by atoms with Crippen molar-refractivity contribution < 1.29 is 4.79 Å². The van der Waals surface area contributed by atoms with Gasteiger partial charge in [-0.3, -0.25) is 4.79 Å². The van der Waals surface area contributed by atoms with Gasteiger partial charge < -0.3 is 15.6 Å². The van der Waals surface area contributed by atoms with Gasteiger partial charge in [0.25, 0.3) is 5.91 Å². The average molecular weight is 285 g/mol. The Kier molecular flexibility index (Phi) is 3.20. The highest BCUT2D eigenvalue weighted by Crippen LogP contribution is 2.22. The molecule has 102 valence electrons. The van der Waals surface area contributed by atoms with Crippen LogP contribution in [0.2, 0.25) is 0 Å². The molecule has 0 saturated carbocycles. The number of nitrogens with zero attached hydrogens (tertiary/aromatic N) is 1. The van der Waals surface area contributed by atoms with Crippen LogP contribution in [0.5, 0.6) is 0 Å². The molecule has 1 aromatic carbocycles. The molecule has 1 amide bonds. The zero-order chi connectivity index (χ0) is 14.1. The SMILES string of the molecule is CN(Cc1cccs1)C(=O)c1cc2cccc(N)c2[nH]1. The van der Waals surface area contributed by atoms with Crippen molar-refractivity contribution in [1.82, 2.24) is 9.88 Å². The molecule has 2 heterocycles. The molecule has 3 rings (SSSR count). The summed E-state index contributed by atoms with van der Waals surface area (Å²) in [5.41, 5.74) is 7.94. The number of benzene rings is 1. The lowest BCUT2D eigenvalue weighted by Crippen LogP contribution is -2.26. The fraction of sp³-hybridized carbons (Fsp3) is 0.133. The minimum absolute atomic E-state index is 0.0333. The molecule has 0 aliphatic heterocycles. The zero-order valence-corrected chi connectivity index (χ0v) is 11.9. The molecule has 5 heteroatoms. The van der Waals surface area contributed by atoms with Crippen LogP contribution in [0.4, 0.5) is 5.69 Å². The van der Waals surface area contributed by atoms with Gasteiger partial charge >= 0.3 is 0 Å². The molecule has 0 aliphatic rings. The molecule has 0 bridgehead atoms. The number of nitrogens with one attached hydrogen (secondary N) is 1. The predicted molar refractivity (Wildman–Crippen MR) is 82.8 cm³/mol. The van der Waals surface area contributed by atoms with Crippen molar-refractivity contribution in [2.24, 2.45) is 0 Å². The quantitative estimate of drug-likeness (QED) is 0.726. The number of fused-ring (bicyclic) bond motifs is 1. The van der Waals surface area contributed by atoms with Crippen LogP contribution in [0, 0.1) is 0 Å². The lowest BCUT2D eigenvalue weighted by Gasteiger charge is -2.15. The summed E-state index contributed by atoms with van der Waals surface area (Å²) in [4.78, 5) is 18.4. The normalized spacial score (nSPS) is 10.8. The van der Waals surface area contributed by atoms with Gasteiger partial charge in [0.2, 0.25) is 0 Å². The van der Waals surface area contributed by atoms with Crippen molar-refractivity contribution in [2.75, 3.05) is 12.8 Å². The first-order chi connectivity index (χ1) is 9.65. The summed E-state index contributed by atoms with van der Waals surface area (Å²) in [5.74, 6) is -0.0333. The number of rotatable bonds is 3. The van der Waals surface area contributed by atoms with Crippen molar-refractivity contribution in [3.8, 4) is 0 Å². The summed E-state index contributed by atoms with van der Waals surface area (Å²) in [5, 5.41) is 2.97. The fourth-order valence-electron chi connectivity index (χ4n) is 2.21. The Hall–Kier alpha value is -2.27. The van der Waals surface area contributed by atoms with Crippen molar-refractivity contribution in [1.29, 1.82) is 0 Å². The molecule has 20 heavy (non-hydrogen) atoms. The van der Waals surface area contributed by atoms with Gasteiger partial charge in [-0.2, -0.15) is 0 Å². The van der Waals surface area contributed by atoms with Gasteiger partial charge in [0.1, 0.15) is 5.69 Å².